The average molecular weight is 123 g/mol. The van der Waals surface area contributed by atoms with E-state index in [4.69, 9.17) is 0 Å². The number of amides is 1. The Kier molecular flexibility index (Phi) is 0.891. The van der Waals surface area contributed by atoms with Crippen LogP contribution in [-0.2, 0) is 4.79 Å². The van der Waals surface area contributed by atoms with Gasteiger partial charge in [-0.15, -0.1) is 0 Å². The van der Waals surface area contributed by atoms with E-state index in [0.29, 0.717) is 12.3 Å². The van der Waals surface area contributed by atoms with E-state index in [9.17, 15) is 4.79 Å². The summed E-state index contributed by atoms with van der Waals surface area (Å²) >= 11 is 0. The molecule has 0 saturated carbocycles. The Balaban J connectivity index is 2.28. The fourth-order valence-corrected chi connectivity index (χ4v) is 1.51. The van der Waals surface area contributed by atoms with Crippen LogP contribution >= 0.6 is 0 Å². The van der Waals surface area contributed by atoms with Crippen molar-refractivity contribution >= 4 is 5.91 Å². The van der Waals surface area contributed by atoms with E-state index < -0.39 is 0 Å². The smallest absolute Gasteiger partial charge is 0.230 e. The number of allylic oxidation sites excluding steroid dienone is 1. The van der Waals surface area contributed by atoms with Gasteiger partial charge in [0.2, 0.25) is 5.91 Å². The summed E-state index contributed by atoms with van der Waals surface area (Å²) in [4.78, 5) is 12.8. The first kappa shape index (κ1) is 5.03. The first-order chi connectivity index (χ1) is 4.38. The number of fused-ring (bicyclic) bond motifs is 1. The SMILES string of the molecule is O=C1CC=C2CCCN12. The first-order valence-electron chi connectivity index (χ1n) is 3.37. The average Bonchev–Trinajstić information content (AvgIpc) is 2.35. The fourth-order valence-electron chi connectivity index (χ4n) is 1.51. The molecule has 0 N–H and O–H groups in total. The highest BCUT2D eigenvalue weighted by molar-refractivity contribution is 5.83. The lowest BCUT2D eigenvalue weighted by atomic mass is 10.3. The molecule has 0 aromatic heterocycles. The van der Waals surface area contributed by atoms with Crippen LogP contribution in [0.4, 0.5) is 0 Å². The van der Waals surface area contributed by atoms with Crippen LogP contribution in [0.1, 0.15) is 19.3 Å². The van der Waals surface area contributed by atoms with Crippen molar-refractivity contribution < 1.29 is 4.79 Å². The maximum atomic E-state index is 10.9. The lowest BCUT2D eigenvalue weighted by molar-refractivity contribution is -0.126. The van der Waals surface area contributed by atoms with E-state index in [0.717, 1.165) is 19.4 Å². The van der Waals surface area contributed by atoms with Gasteiger partial charge in [-0.05, 0) is 12.8 Å². The van der Waals surface area contributed by atoms with Crippen LogP contribution in [0.25, 0.3) is 0 Å². The van der Waals surface area contributed by atoms with Crippen molar-refractivity contribution in [2.45, 2.75) is 19.3 Å². The molecule has 2 heteroatoms. The largest absolute Gasteiger partial charge is 0.316 e. The van der Waals surface area contributed by atoms with E-state index in [1.54, 1.807) is 0 Å². The molecule has 0 aromatic carbocycles. The van der Waals surface area contributed by atoms with Crippen LogP contribution in [0, 0.1) is 0 Å². The van der Waals surface area contributed by atoms with Crippen molar-refractivity contribution in [3.05, 3.63) is 11.8 Å². The second-order valence-corrected chi connectivity index (χ2v) is 2.55. The van der Waals surface area contributed by atoms with E-state index in [1.807, 2.05) is 4.90 Å². The van der Waals surface area contributed by atoms with Crippen LogP contribution in [0.15, 0.2) is 11.8 Å². The molecule has 2 aliphatic rings. The number of nitrogens with zero attached hydrogens (tertiary/aromatic N) is 1. The summed E-state index contributed by atoms with van der Waals surface area (Å²) in [5, 5.41) is 0. The molecule has 1 fully saturated rings. The third kappa shape index (κ3) is 0.590. The van der Waals surface area contributed by atoms with Crippen molar-refractivity contribution in [1.29, 1.82) is 0 Å². The molecule has 0 aromatic rings. The number of carbonyl (C=O) groups is 1. The van der Waals surface area contributed by atoms with Crippen LogP contribution in [-0.4, -0.2) is 17.4 Å². The molecule has 2 nitrogen and oxygen atoms in total. The quantitative estimate of drug-likeness (QED) is 0.468. The second kappa shape index (κ2) is 1.59. The highest BCUT2D eigenvalue weighted by Gasteiger charge is 2.26. The number of carbonyl (C=O) groups excluding carboxylic acids is 1. The monoisotopic (exact) mass is 123 g/mol. The zero-order valence-corrected chi connectivity index (χ0v) is 5.26. The maximum absolute atomic E-state index is 10.9. The lowest BCUT2D eigenvalue weighted by Gasteiger charge is -2.08. The van der Waals surface area contributed by atoms with Gasteiger partial charge < -0.3 is 4.90 Å². The fraction of sp³-hybridized carbons (Fsp3) is 0.571. The molecule has 1 amide bonds. The van der Waals surface area contributed by atoms with Gasteiger partial charge in [-0.25, -0.2) is 0 Å². The Bertz CT molecular complexity index is 183. The minimum absolute atomic E-state index is 0.294. The van der Waals surface area contributed by atoms with Gasteiger partial charge in [-0.1, -0.05) is 6.08 Å². The molecule has 1 saturated heterocycles. The molecule has 2 heterocycles. The zero-order valence-electron chi connectivity index (χ0n) is 5.26. The van der Waals surface area contributed by atoms with Gasteiger partial charge >= 0.3 is 0 Å². The number of hydrogen-bond acceptors (Lipinski definition) is 1. The standard InChI is InChI=1S/C7H9NO/c9-7-4-3-6-2-1-5-8(6)7/h3H,1-2,4-5H2. The predicted octanol–water partition coefficient (Wildman–Crippen LogP) is 0.896. The van der Waals surface area contributed by atoms with Crippen molar-refractivity contribution in [2.24, 2.45) is 0 Å². The topological polar surface area (TPSA) is 20.3 Å². The molecule has 2 rings (SSSR count). The Morgan fingerprint density at radius 1 is 1.56 bits per heavy atom. The summed E-state index contributed by atoms with van der Waals surface area (Å²) in [5.41, 5.74) is 1.26. The summed E-state index contributed by atoms with van der Waals surface area (Å²) in [5.74, 6) is 0.294. The summed E-state index contributed by atoms with van der Waals surface area (Å²) in [6.45, 7) is 0.963. The Morgan fingerprint density at radius 3 is 3.22 bits per heavy atom. The van der Waals surface area contributed by atoms with Crippen LogP contribution in [0.5, 0.6) is 0 Å². The lowest BCUT2D eigenvalue weighted by Crippen LogP contribution is -2.20. The molecule has 2 aliphatic heterocycles. The second-order valence-electron chi connectivity index (χ2n) is 2.55. The van der Waals surface area contributed by atoms with E-state index >= 15 is 0 Å². The molecular weight excluding hydrogens is 114 g/mol. The third-order valence-corrected chi connectivity index (χ3v) is 1.97. The highest BCUT2D eigenvalue weighted by Crippen LogP contribution is 2.26. The summed E-state index contributed by atoms with van der Waals surface area (Å²) < 4.78 is 0. The molecule has 9 heavy (non-hydrogen) atoms. The molecule has 0 aliphatic carbocycles. The third-order valence-electron chi connectivity index (χ3n) is 1.97. The first-order valence-corrected chi connectivity index (χ1v) is 3.37. The van der Waals surface area contributed by atoms with Gasteiger partial charge in [-0.2, -0.15) is 0 Å². The van der Waals surface area contributed by atoms with Gasteiger partial charge in [-0.3, -0.25) is 4.79 Å². The minimum atomic E-state index is 0.294. The zero-order chi connectivity index (χ0) is 6.27. The van der Waals surface area contributed by atoms with Gasteiger partial charge in [0.05, 0.1) is 0 Å². The van der Waals surface area contributed by atoms with Gasteiger partial charge in [0.1, 0.15) is 0 Å². The van der Waals surface area contributed by atoms with E-state index in [1.165, 1.54) is 5.70 Å². The van der Waals surface area contributed by atoms with Crippen molar-refractivity contribution in [3.63, 3.8) is 0 Å². The highest BCUT2D eigenvalue weighted by atomic mass is 16.2. The Hall–Kier alpha value is -0.790. The van der Waals surface area contributed by atoms with Crippen molar-refractivity contribution in [2.75, 3.05) is 6.54 Å². The normalized spacial score (nSPS) is 24.7. The van der Waals surface area contributed by atoms with E-state index in [-0.39, 0.29) is 0 Å². The minimum Gasteiger partial charge on any atom is -0.316 e. The molecule has 0 atom stereocenters. The summed E-state index contributed by atoms with van der Waals surface area (Å²) in [6, 6.07) is 0. The van der Waals surface area contributed by atoms with Crippen LogP contribution in [0.3, 0.4) is 0 Å². The van der Waals surface area contributed by atoms with E-state index in [2.05, 4.69) is 6.08 Å². The van der Waals surface area contributed by atoms with Gasteiger partial charge in [0.15, 0.2) is 0 Å². The number of rotatable bonds is 0. The van der Waals surface area contributed by atoms with Gasteiger partial charge in [0.25, 0.3) is 0 Å². The van der Waals surface area contributed by atoms with Crippen molar-refractivity contribution in [1.82, 2.24) is 4.90 Å². The Labute approximate surface area is 54.1 Å². The maximum Gasteiger partial charge on any atom is 0.230 e. The van der Waals surface area contributed by atoms with Crippen molar-refractivity contribution in [3.8, 4) is 0 Å². The molecule has 0 unspecified atom stereocenters. The Morgan fingerprint density at radius 2 is 2.44 bits per heavy atom. The van der Waals surface area contributed by atoms with Gasteiger partial charge in [0, 0.05) is 18.7 Å². The predicted molar refractivity (Wildman–Crippen MR) is 33.6 cm³/mol. The summed E-state index contributed by atoms with van der Waals surface area (Å²) in [7, 11) is 0. The molecular formula is C7H9NO. The number of hydrogen-bond donors (Lipinski definition) is 0. The molecule has 0 bridgehead atoms. The molecule has 0 radical (unpaired) electrons. The van der Waals surface area contributed by atoms with Crippen LogP contribution < -0.4 is 0 Å². The van der Waals surface area contributed by atoms with Crippen LogP contribution in [0.2, 0.25) is 0 Å². The molecule has 0 spiro atoms. The molecule has 48 valence electrons. The summed E-state index contributed by atoms with van der Waals surface area (Å²) in [6.07, 6.45) is 4.98.